The minimum atomic E-state index is 0.387. The molecule has 0 spiro atoms. The maximum Gasteiger partial charge on any atom is 0.148 e. The fraction of sp³-hybridized carbons (Fsp3) is 0.308. The van der Waals surface area contributed by atoms with Crippen LogP contribution in [0.1, 0.15) is 12.7 Å². The second-order valence-corrected chi connectivity index (χ2v) is 3.81. The number of nitrogens with zero attached hydrogens (tertiary/aromatic N) is 2. The van der Waals surface area contributed by atoms with Crippen molar-refractivity contribution in [2.45, 2.75) is 20.1 Å². The van der Waals surface area contributed by atoms with E-state index in [0.717, 1.165) is 23.9 Å². The third-order valence-corrected chi connectivity index (χ3v) is 2.69. The largest absolute Gasteiger partial charge is 0.497 e. The zero-order valence-corrected chi connectivity index (χ0v) is 10.6. The maximum absolute atomic E-state index is 5.79. The minimum Gasteiger partial charge on any atom is -0.497 e. The molecule has 0 atom stereocenters. The first-order valence-electron chi connectivity index (χ1n) is 5.81. The molecule has 0 aliphatic carbocycles. The van der Waals surface area contributed by atoms with Crippen molar-refractivity contribution in [1.29, 1.82) is 0 Å². The van der Waals surface area contributed by atoms with Crippen molar-refractivity contribution in [3.8, 4) is 11.5 Å². The number of ether oxygens (including phenoxy) is 2. The molecule has 1 aromatic heterocycles. The molecule has 1 aromatic carbocycles. The first kappa shape index (κ1) is 12.3. The smallest absolute Gasteiger partial charge is 0.148 e. The lowest BCUT2D eigenvalue weighted by atomic mass is 10.3. The molecule has 0 fully saturated rings. The Labute approximate surface area is 106 Å². The average molecular weight is 247 g/mol. The molecule has 0 saturated carbocycles. The van der Waals surface area contributed by atoms with Gasteiger partial charge in [-0.25, -0.2) is 4.98 Å². The maximum atomic E-state index is 5.79. The molecule has 96 valence electrons. The number of nitrogens with two attached hydrogens (primary N) is 1. The van der Waals surface area contributed by atoms with Gasteiger partial charge in [-0.2, -0.15) is 0 Å². The van der Waals surface area contributed by atoms with Crippen LogP contribution in [0.25, 0.3) is 0 Å². The molecule has 1 heterocycles. The monoisotopic (exact) mass is 247 g/mol. The Morgan fingerprint density at radius 1 is 1.33 bits per heavy atom. The van der Waals surface area contributed by atoms with Crippen LogP contribution in [-0.2, 0) is 13.2 Å². The lowest BCUT2D eigenvalue weighted by molar-refractivity contribution is 0.288. The summed E-state index contributed by atoms with van der Waals surface area (Å²) in [5, 5.41) is 0. The number of benzene rings is 1. The van der Waals surface area contributed by atoms with Gasteiger partial charge in [-0.15, -0.1) is 0 Å². The van der Waals surface area contributed by atoms with Crippen LogP contribution in [0.5, 0.6) is 11.5 Å². The van der Waals surface area contributed by atoms with Gasteiger partial charge in [0.2, 0.25) is 0 Å². The van der Waals surface area contributed by atoms with Crippen molar-refractivity contribution < 1.29 is 9.47 Å². The molecule has 0 aliphatic rings. The van der Waals surface area contributed by atoms with Crippen LogP contribution in [0.3, 0.4) is 0 Å². The standard InChI is InChI=1S/C13H17N3O2/c1-3-16-12(14)8-15-13(16)9-18-11-6-4-5-10(7-11)17-2/h4-8H,3,9,14H2,1-2H3. The fourth-order valence-electron chi connectivity index (χ4n) is 1.75. The van der Waals surface area contributed by atoms with Crippen molar-refractivity contribution in [2.75, 3.05) is 12.8 Å². The van der Waals surface area contributed by atoms with Gasteiger partial charge in [-0.05, 0) is 19.1 Å². The Bertz CT molecular complexity index is 523. The van der Waals surface area contributed by atoms with Gasteiger partial charge in [0.05, 0.1) is 13.3 Å². The van der Waals surface area contributed by atoms with Gasteiger partial charge in [0.15, 0.2) is 0 Å². The molecule has 18 heavy (non-hydrogen) atoms. The summed E-state index contributed by atoms with van der Waals surface area (Å²) in [4.78, 5) is 4.23. The van der Waals surface area contributed by atoms with Crippen LogP contribution in [0.2, 0.25) is 0 Å². The fourth-order valence-corrected chi connectivity index (χ4v) is 1.75. The zero-order chi connectivity index (χ0) is 13.0. The van der Waals surface area contributed by atoms with Crippen LogP contribution in [-0.4, -0.2) is 16.7 Å². The third-order valence-electron chi connectivity index (χ3n) is 2.69. The highest BCUT2D eigenvalue weighted by atomic mass is 16.5. The summed E-state index contributed by atoms with van der Waals surface area (Å²) < 4.78 is 12.7. The van der Waals surface area contributed by atoms with Crippen molar-refractivity contribution in [2.24, 2.45) is 0 Å². The molecule has 5 nitrogen and oxygen atoms in total. The summed E-state index contributed by atoms with van der Waals surface area (Å²) >= 11 is 0. The van der Waals surface area contributed by atoms with Crippen LogP contribution in [0, 0.1) is 0 Å². The van der Waals surface area contributed by atoms with Crippen LogP contribution < -0.4 is 15.2 Å². The van der Waals surface area contributed by atoms with E-state index in [2.05, 4.69) is 4.98 Å². The lowest BCUT2D eigenvalue weighted by Crippen LogP contribution is -2.08. The number of methoxy groups -OCH3 is 1. The number of anilines is 1. The van der Waals surface area contributed by atoms with E-state index in [0.29, 0.717) is 12.4 Å². The van der Waals surface area contributed by atoms with E-state index >= 15 is 0 Å². The van der Waals surface area contributed by atoms with Gasteiger partial charge in [0.1, 0.15) is 29.7 Å². The molecule has 0 bridgehead atoms. The van der Waals surface area contributed by atoms with E-state index in [4.69, 9.17) is 15.2 Å². The van der Waals surface area contributed by atoms with Gasteiger partial charge in [-0.1, -0.05) is 6.07 Å². The van der Waals surface area contributed by atoms with Crippen LogP contribution >= 0.6 is 0 Å². The molecule has 0 amide bonds. The Balaban J connectivity index is 2.06. The first-order chi connectivity index (χ1) is 8.74. The van der Waals surface area contributed by atoms with E-state index in [9.17, 15) is 0 Å². The first-order valence-corrected chi connectivity index (χ1v) is 5.81. The summed E-state index contributed by atoms with van der Waals surface area (Å²) in [6, 6.07) is 7.47. The Hall–Kier alpha value is -2.17. The molecule has 2 aromatic rings. The number of imidazole rings is 1. The predicted octanol–water partition coefficient (Wildman–Crippen LogP) is 2.07. The van der Waals surface area contributed by atoms with Gasteiger partial charge >= 0.3 is 0 Å². The number of hydrogen-bond donors (Lipinski definition) is 1. The molecular weight excluding hydrogens is 230 g/mol. The van der Waals surface area contributed by atoms with E-state index in [-0.39, 0.29) is 0 Å². The van der Waals surface area contributed by atoms with Crippen LogP contribution in [0.15, 0.2) is 30.5 Å². The van der Waals surface area contributed by atoms with Crippen molar-refractivity contribution >= 4 is 5.82 Å². The molecule has 2 N–H and O–H groups in total. The average Bonchev–Trinajstić information content (AvgIpc) is 2.77. The van der Waals surface area contributed by atoms with Gasteiger partial charge in [-0.3, -0.25) is 0 Å². The topological polar surface area (TPSA) is 62.3 Å². The Morgan fingerprint density at radius 3 is 2.83 bits per heavy atom. The Kier molecular flexibility index (Phi) is 3.72. The second-order valence-electron chi connectivity index (χ2n) is 3.81. The van der Waals surface area contributed by atoms with Gasteiger partial charge < -0.3 is 19.8 Å². The molecule has 0 aliphatic heterocycles. The lowest BCUT2D eigenvalue weighted by Gasteiger charge is -2.09. The van der Waals surface area contributed by atoms with E-state index in [1.807, 2.05) is 35.8 Å². The molecule has 5 heteroatoms. The predicted molar refractivity (Wildman–Crippen MR) is 69.6 cm³/mol. The highest BCUT2D eigenvalue weighted by Crippen LogP contribution is 2.20. The SMILES string of the molecule is CCn1c(N)cnc1COc1cccc(OC)c1. The van der Waals surface area contributed by atoms with E-state index in [1.165, 1.54) is 0 Å². The quantitative estimate of drug-likeness (QED) is 0.878. The molecule has 2 rings (SSSR count). The number of nitrogen functional groups attached to an aromatic ring is 1. The van der Waals surface area contributed by atoms with Crippen molar-refractivity contribution in [3.05, 3.63) is 36.3 Å². The summed E-state index contributed by atoms with van der Waals surface area (Å²) in [5.41, 5.74) is 5.79. The zero-order valence-electron chi connectivity index (χ0n) is 10.6. The summed E-state index contributed by atoms with van der Waals surface area (Å²) in [5.74, 6) is 2.99. The number of hydrogen-bond acceptors (Lipinski definition) is 4. The van der Waals surface area contributed by atoms with Crippen LogP contribution in [0.4, 0.5) is 5.82 Å². The van der Waals surface area contributed by atoms with Crippen molar-refractivity contribution in [3.63, 3.8) is 0 Å². The highest BCUT2D eigenvalue weighted by molar-refractivity contribution is 5.33. The summed E-state index contributed by atoms with van der Waals surface area (Å²) in [6.45, 7) is 3.19. The Morgan fingerprint density at radius 2 is 2.11 bits per heavy atom. The molecule has 0 unspecified atom stereocenters. The number of rotatable bonds is 5. The highest BCUT2D eigenvalue weighted by Gasteiger charge is 2.06. The van der Waals surface area contributed by atoms with Gasteiger partial charge in [0.25, 0.3) is 0 Å². The molecular formula is C13H17N3O2. The minimum absolute atomic E-state index is 0.387. The summed E-state index contributed by atoms with van der Waals surface area (Å²) in [6.07, 6.45) is 1.65. The third kappa shape index (κ3) is 2.56. The van der Waals surface area contributed by atoms with E-state index < -0.39 is 0 Å². The normalized spacial score (nSPS) is 10.3. The van der Waals surface area contributed by atoms with Gasteiger partial charge in [0, 0.05) is 12.6 Å². The van der Waals surface area contributed by atoms with E-state index in [1.54, 1.807) is 13.3 Å². The second kappa shape index (κ2) is 5.44. The molecule has 0 saturated heterocycles. The molecule has 0 radical (unpaired) electrons. The van der Waals surface area contributed by atoms with Crippen molar-refractivity contribution in [1.82, 2.24) is 9.55 Å². The summed E-state index contributed by atoms with van der Waals surface area (Å²) in [7, 11) is 1.63. The number of aromatic nitrogens is 2.